The van der Waals surface area contributed by atoms with Crippen LogP contribution in [0.5, 0.6) is 0 Å². The molecule has 0 unspecified atom stereocenters. The normalized spacial score (nSPS) is 22.4. The predicted molar refractivity (Wildman–Crippen MR) is 194 cm³/mol. The molecule has 0 radical (unpaired) electrons. The summed E-state index contributed by atoms with van der Waals surface area (Å²) in [5.74, 6) is -1.68. The van der Waals surface area contributed by atoms with Gasteiger partial charge in [-0.1, -0.05) is 100 Å². The molecule has 2 amide bonds. The molecule has 3 heterocycles. The maximum absolute atomic E-state index is 13.2. The molecule has 0 aromatic heterocycles. The minimum absolute atomic E-state index is 0.258. The molecule has 1 fully saturated rings. The van der Waals surface area contributed by atoms with E-state index in [0.717, 1.165) is 62.5 Å². The van der Waals surface area contributed by atoms with Gasteiger partial charge < -0.3 is 9.47 Å². The van der Waals surface area contributed by atoms with Crippen molar-refractivity contribution < 1.29 is 28.7 Å². The molecule has 0 bridgehead atoms. The predicted octanol–water partition coefficient (Wildman–Crippen LogP) is 7.54. The van der Waals surface area contributed by atoms with Crippen LogP contribution >= 0.6 is 23.5 Å². The average Bonchev–Trinajstić information content (AvgIpc) is 3.75. The van der Waals surface area contributed by atoms with Gasteiger partial charge in [-0.25, -0.2) is 19.6 Å². The molecular formula is C38H41N3O6S2. The molecule has 2 atom stereocenters. The molecule has 6 rings (SSSR count). The molecule has 0 spiro atoms. The van der Waals surface area contributed by atoms with Crippen LogP contribution in [-0.4, -0.2) is 56.5 Å². The van der Waals surface area contributed by atoms with E-state index in [1.165, 1.54) is 23.5 Å². The summed E-state index contributed by atoms with van der Waals surface area (Å²) in [6.45, 7) is 9.15. The molecular weight excluding hydrogens is 659 g/mol. The molecule has 1 aliphatic carbocycles. The largest absolute Gasteiger partial charge is 0.462 e. The summed E-state index contributed by atoms with van der Waals surface area (Å²) >= 11 is 3.05. The number of carbonyl (C=O) groups excluding carboxylic acids is 4. The third-order valence-corrected chi connectivity index (χ3v) is 12.6. The Morgan fingerprint density at radius 1 is 0.633 bits per heavy atom. The molecule has 256 valence electrons. The molecule has 9 nitrogen and oxygen atoms in total. The van der Waals surface area contributed by atoms with Gasteiger partial charge in [0.05, 0.1) is 56.4 Å². The quantitative estimate of drug-likeness (QED) is 0.122. The lowest BCUT2D eigenvalue weighted by Crippen LogP contribution is -2.48. The van der Waals surface area contributed by atoms with Gasteiger partial charge in [-0.2, -0.15) is 0 Å². The summed E-state index contributed by atoms with van der Waals surface area (Å²) in [4.78, 5) is 61.7. The molecule has 4 aliphatic rings. The number of esters is 2. The first kappa shape index (κ1) is 34.9. The lowest BCUT2D eigenvalue weighted by Gasteiger charge is -2.43. The van der Waals surface area contributed by atoms with Crippen LogP contribution in [0.25, 0.3) is 0 Å². The SMILES string of the molecule is CCCCCCOC(=O)c1ccc(C2=NC3=C4C(=O)NC(=O)C4=C4N=C(c5ccc(C(=O)OCCCCCC)cc5)S[C@]4(C)[C@@]3(C)S2)cc1. The molecule has 1 N–H and O–H groups in total. The van der Waals surface area contributed by atoms with Gasteiger partial charge in [0.15, 0.2) is 0 Å². The second-order valence-corrected chi connectivity index (χ2v) is 15.7. The van der Waals surface area contributed by atoms with E-state index in [9.17, 15) is 19.2 Å². The van der Waals surface area contributed by atoms with Crippen LogP contribution in [0.4, 0.5) is 0 Å². The van der Waals surface area contributed by atoms with Gasteiger partial charge >= 0.3 is 11.9 Å². The summed E-state index contributed by atoms with van der Waals surface area (Å²) in [5, 5.41) is 3.84. The summed E-state index contributed by atoms with van der Waals surface area (Å²) in [6.07, 6.45) is 8.22. The zero-order valence-electron chi connectivity index (χ0n) is 28.4. The molecule has 2 aromatic rings. The monoisotopic (exact) mass is 699 g/mol. The van der Waals surface area contributed by atoms with Crippen molar-refractivity contribution in [3.05, 3.63) is 93.3 Å². The van der Waals surface area contributed by atoms with Crippen molar-refractivity contribution in [2.24, 2.45) is 9.98 Å². The van der Waals surface area contributed by atoms with Crippen LogP contribution in [0.3, 0.4) is 0 Å². The Labute approximate surface area is 295 Å². The third-order valence-electron chi connectivity index (χ3n) is 9.44. The van der Waals surface area contributed by atoms with E-state index in [2.05, 4.69) is 19.2 Å². The topological polar surface area (TPSA) is 123 Å². The Morgan fingerprint density at radius 2 is 1.02 bits per heavy atom. The highest BCUT2D eigenvalue weighted by molar-refractivity contribution is 8.20. The maximum Gasteiger partial charge on any atom is 0.338 e. The summed E-state index contributed by atoms with van der Waals surface area (Å²) in [5.41, 5.74) is 4.10. The van der Waals surface area contributed by atoms with Crippen molar-refractivity contribution in [1.82, 2.24) is 5.32 Å². The average molecular weight is 700 g/mol. The number of aliphatic imine (C=N–C) groups is 2. The number of nitrogens with one attached hydrogen (secondary N) is 1. The minimum Gasteiger partial charge on any atom is -0.462 e. The first-order chi connectivity index (χ1) is 23.6. The Morgan fingerprint density at radius 3 is 1.39 bits per heavy atom. The van der Waals surface area contributed by atoms with Crippen molar-refractivity contribution in [2.45, 2.75) is 88.6 Å². The summed E-state index contributed by atoms with van der Waals surface area (Å²) in [7, 11) is 0. The Bertz CT molecular complexity index is 1680. The molecule has 2 aromatic carbocycles. The van der Waals surface area contributed by atoms with Crippen molar-refractivity contribution in [1.29, 1.82) is 0 Å². The van der Waals surface area contributed by atoms with E-state index in [1.807, 2.05) is 38.1 Å². The first-order valence-corrected chi connectivity index (χ1v) is 18.7. The van der Waals surface area contributed by atoms with Gasteiger partial charge in [-0.05, 0) is 51.0 Å². The second-order valence-electron chi connectivity index (χ2n) is 12.9. The zero-order chi connectivity index (χ0) is 34.8. The number of imide groups is 1. The number of fused-ring (bicyclic) bond motifs is 4. The Kier molecular flexibility index (Phi) is 10.3. The molecule has 49 heavy (non-hydrogen) atoms. The van der Waals surface area contributed by atoms with Gasteiger partial charge in [0.1, 0.15) is 10.1 Å². The van der Waals surface area contributed by atoms with Crippen molar-refractivity contribution in [2.75, 3.05) is 13.2 Å². The highest BCUT2D eigenvalue weighted by atomic mass is 32.2. The zero-order valence-corrected chi connectivity index (χ0v) is 30.0. The fourth-order valence-electron chi connectivity index (χ4n) is 6.39. The van der Waals surface area contributed by atoms with Crippen LogP contribution in [0.1, 0.15) is 111 Å². The smallest absolute Gasteiger partial charge is 0.338 e. The molecule has 0 saturated carbocycles. The highest BCUT2D eigenvalue weighted by Gasteiger charge is 2.64. The fraction of sp³-hybridized carbons (Fsp3) is 0.421. The standard InChI is InChI=1S/C38H41N3O6S2/c1-5-7-9-11-21-46-35(44)25-17-13-23(14-18-25)33-39-29-27-28(32(43)41-31(27)42)30-38(4,37(29,3)48-33)49-34(40-30)24-15-19-26(20-16-24)36(45)47-22-12-10-8-6-2/h13-20H,5-12,21-22H2,1-4H3,(H,41,42,43)/t37-,38-/m0/s1. The minimum atomic E-state index is -0.758. The first-order valence-electron chi connectivity index (χ1n) is 17.1. The van der Waals surface area contributed by atoms with E-state index in [-0.39, 0.29) is 23.1 Å². The summed E-state index contributed by atoms with van der Waals surface area (Å²) in [6, 6.07) is 14.3. The van der Waals surface area contributed by atoms with Crippen LogP contribution < -0.4 is 5.32 Å². The van der Waals surface area contributed by atoms with Crippen LogP contribution in [0, 0.1) is 0 Å². The van der Waals surface area contributed by atoms with Gasteiger partial charge in [0.2, 0.25) is 0 Å². The lowest BCUT2D eigenvalue weighted by molar-refractivity contribution is -0.123. The van der Waals surface area contributed by atoms with E-state index in [1.54, 1.807) is 24.3 Å². The van der Waals surface area contributed by atoms with E-state index >= 15 is 0 Å². The van der Waals surface area contributed by atoms with Crippen molar-refractivity contribution in [3.8, 4) is 0 Å². The number of unbranched alkanes of at least 4 members (excludes halogenated alkanes) is 6. The summed E-state index contributed by atoms with van der Waals surface area (Å²) < 4.78 is 9.39. The molecule has 11 heteroatoms. The number of amides is 2. The van der Waals surface area contributed by atoms with Gasteiger partial charge in [-0.15, -0.1) is 0 Å². The van der Waals surface area contributed by atoms with E-state index in [0.29, 0.717) is 45.8 Å². The van der Waals surface area contributed by atoms with Crippen LogP contribution in [0.15, 0.2) is 81.1 Å². The number of thioether (sulfide) groups is 2. The van der Waals surface area contributed by atoms with Crippen molar-refractivity contribution >= 4 is 57.4 Å². The highest BCUT2D eigenvalue weighted by Crippen LogP contribution is 2.65. The number of ether oxygens (including phenoxy) is 2. The Hall–Kier alpha value is -3.96. The molecule has 3 aliphatic heterocycles. The van der Waals surface area contributed by atoms with E-state index < -0.39 is 21.3 Å². The number of hydrogen-bond donors (Lipinski definition) is 1. The van der Waals surface area contributed by atoms with Crippen LogP contribution in [-0.2, 0) is 19.1 Å². The lowest BCUT2D eigenvalue weighted by atomic mass is 9.78. The van der Waals surface area contributed by atoms with E-state index in [4.69, 9.17) is 19.5 Å². The van der Waals surface area contributed by atoms with Gasteiger partial charge in [0, 0.05) is 11.1 Å². The molecule has 1 saturated heterocycles. The number of nitrogens with zero attached hydrogens (tertiary/aromatic N) is 2. The number of carbonyl (C=O) groups is 4. The third kappa shape index (κ3) is 6.55. The number of rotatable bonds is 14. The number of hydrogen-bond acceptors (Lipinski definition) is 10. The van der Waals surface area contributed by atoms with Crippen LogP contribution in [0.2, 0.25) is 0 Å². The maximum atomic E-state index is 13.2. The van der Waals surface area contributed by atoms with Gasteiger partial charge in [0.25, 0.3) is 11.8 Å². The second kappa shape index (κ2) is 14.5. The van der Waals surface area contributed by atoms with Gasteiger partial charge in [-0.3, -0.25) is 14.9 Å². The van der Waals surface area contributed by atoms with Crippen molar-refractivity contribution in [3.63, 3.8) is 0 Å². The number of benzene rings is 2. The fourth-order valence-corrected chi connectivity index (χ4v) is 9.26. The Balaban J connectivity index is 1.23.